The molecule has 1 aliphatic rings. The molecular weight excluding hydrogens is 170 g/mol. The van der Waals surface area contributed by atoms with E-state index in [-0.39, 0.29) is 0 Å². The van der Waals surface area contributed by atoms with Gasteiger partial charge in [0, 0.05) is 6.54 Å². The first-order valence-electron chi connectivity index (χ1n) is 5.42. The van der Waals surface area contributed by atoms with E-state index in [1.54, 1.807) is 5.92 Å². The van der Waals surface area contributed by atoms with Crippen molar-refractivity contribution in [3.8, 4) is 0 Å². The number of hydrogen-bond acceptors (Lipinski definition) is 1. The van der Waals surface area contributed by atoms with Gasteiger partial charge in [0.2, 0.25) is 0 Å². The van der Waals surface area contributed by atoms with E-state index in [0.717, 1.165) is 6.54 Å². The van der Waals surface area contributed by atoms with E-state index in [4.69, 9.17) is 0 Å². The molecule has 1 fully saturated rings. The van der Waals surface area contributed by atoms with Crippen molar-refractivity contribution in [2.24, 2.45) is 0 Å². The van der Waals surface area contributed by atoms with E-state index < -0.39 is 0 Å². The Morgan fingerprint density at radius 1 is 1.07 bits per heavy atom. The third kappa shape index (κ3) is 2.58. The van der Waals surface area contributed by atoms with E-state index in [0.29, 0.717) is 0 Å². The maximum Gasteiger partial charge on any atom is 0.0233 e. The zero-order valence-electron chi connectivity index (χ0n) is 8.87. The molecule has 0 amide bonds. The number of piperidine rings is 1. The lowest BCUT2D eigenvalue weighted by molar-refractivity contribution is 0.233. The third-order valence-corrected chi connectivity index (χ3v) is 2.96. The van der Waals surface area contributed by atoms with Gasteiger partial charge in [-0.05, 0) is 37.4 Å². The van der Waals surface area contributed by atoms with Gasteiger partial charge in [-0.1, -0.05) is 37.3 Å². The van der Waals surface area contributed by atoms with Crippen molar-refractivity contribution in [3.05, 3.63) is 41.8 Å². The molecule has 1 aromatic rings. The van der Waals surface area contributed by atoms with E-state index in [2.05, 4.69) is 42.2 Å². The van der Waals surface area contributed by atoms with Crippen LogP contribution >= 0.6 is 0 Å². The lowest BCUT2D eigenvalue weighted by Crippen LogP contribution is -2.31. The lowest BCUT2D eigenvalue weighted by atomic mass is 9.99. The fourth-order valence-electron chi connectivity index (χ4n) is 1.93. The molecule has 75 valence electrons. The molecule has 2 rings (SSSR count). The molecular formula is C13H18N. The highest BCUT2D eigenvalue weighted by atomic mass is 15.1. The molecule has 0 aromatic heterocycles. The quantitative estimate of drug-likeness (QED) is 0.690. The molecule has 0 saturated carbocycles. The normalized spacial score (nSPS) is 19.8. The van der Waals surface area contributed by atoms with Crippen molar-refractivity contribution < 1.29 is 0 Å². The van der Waals surface area contributed by atoms with Gasteiger partial charge in [0.25, 0.3) is 0 Å². The zero-order chi connectivity index (χ0) is 9.80. The molecule has 0 N–H and O–H groups in total. The molecule has 1 nitrogen and oxygen atoms in total. The van der Waals surface area contributed by atoms with Crippen LogP contribution in [0.5, 0.6) is 0 Å². The van der Waals surface area contributed by atoms with Crippen LogP contribution in [0.2, 0.25) is 0 Å². The van der Waals surface area contributed by atoms with Crippen molar-refractivity contribution >= 4 is 0 Å². The maximum absolute atomic E-state index is 2.54. The molecule has 0 spiro atoms. The summed E-state index contributed by atoms with van der Waals surface area (Å²) in [5.41, 5.74) is 1.44. The van der Waals surface area contributed by atoms with Crippen molar-refractivity contribution in [1.29, 1.82) is 0 Å². The molecule has 0 aliphatic carbocycles. The largest absolute Gasteiger partial charge is 0.299 e. The number of nitrogens with zero attached hydrogens (tertiary/aromatic N) is 1. The van der Waals surface area contributed by atoms with Crippen LogP contribution in [0, 0.1) is 5.92 Å². The fraction of sp³-hybridized carbons (Fsp3) is 0.462. The van der Waals surface area contributed by atoms with Gasteiger partial charge in [-0.2, -0.15) is 0 Å². The lowest BCUT2D eigenvalue weighted by Gasteiger charge is -2.29. The molecule has 0 unspecified atom stereocenters. The minimum Gasteiger partial charge on any atom is -0.299 e. The summed E-state index contributed by atoms with van der Waals surface area (Å²) in [6.45, 7) is 5.87. The van der Waals surface area contributed by atoms with Gasteiger partial charge in [-0.3, -0.25) is 4.90 Å². The van der Waals surface area contributed by atoms with Crippen molar-refractivity contribution in [3.63, 3.8) is 0 Å². The predicted molar refractivity (Wildman–Crippen MR) is 59.9 cm³/mol. The first kappa shape index (κ1) is 9.72. The Morgan fingerprint density at radius 2 is 1.71 bits per heavy atom. The number of hydrogen-bond donors (Lipinski definition) is 0. The van der Waals surface area contributed by atoms with Crippen LogP contribution in [0.3, 0.4) is 0 Å². The van der Waals surface area contributed by atoms with E-state index >= 15 is 0 Å². The molecule has 1 aromatic carbocycles. The van der Waals surface area contributed by atoms with Crippen LogP contribution in [-0.2, 0) is 6.54 Å². The maximum atomic E-state index is 2.54. The summed E-state index contributed by atoms with van der Waals surface area (Å²) in [6.07, 6.45) is 2.57. The average Bonchev–Trinajstić information content (AvgIpc) is 2.23. The summed E-state index contributed by atoms with van der Waals surface area (Å²) < 4.78 is 0. The molecule has 1 heteroatoms. The van der Waals surface area contributed by atoms with Crippen molar-refractivity contribution in [2.45, 2.75) is 26.3 Å². The van der Waals surface area contributed by atoms with Gasteiger partial charge < -0.3 is 0 Å². The van der Waals surface area contributed by atoms with Crippen molar-refractivity contribution in [1.82, 2.24) is 4.90 Å². The summed E-state index contributed by atoms with van der Waals surface area (Å²) in [5.74, 6) is 1.66. The van der Waals surface area contributed by atoms with Gasteiger partial charge in [0.1, 0.15) is 0 Å². The number of benzene rings is 1. The molecule has 1 aliphatic heterocycles. The molecule has 1 heterocycles. The molecule has 0 atom stereocenters. The number of rotatable bonds is 2. The standard InChI is InChI=1S/C13H18N/c1-12-7-9-14(10-8-12)11-13-5-3-2-4-6-13/h2-6H,7-11H2,1H3. The van der Waals surface area contributed by atoms with E-state index in [9.17, 15) is 0 Å². The van der Waals surface area contributed by atoms with Crippen LogP contribution in [0.25, 0.3) is 0 Å². The highest BCUT2D eigenvalue weighted by Gasteiger charge is 2.15. The summed E-state index contributed by atoms with van der Waals surface area (Å²) >= 11 is 0. The Labute approximate surface area is 86.7 Å². The van der Waals surface area contributed by atoms with Gasteiger partial charge in [-0.25, -0.2) is 0 Å². The topological polar surface area (TPSA) is 3.24 Å². The molecule has 1 radical (unpaired) electrons. The fourth-order valence-corrected chi connectivity index (χ4v) is 1.93. The summed E-state index contributed by atoms with van der Waals surface area (Å²) in [4.78, 5) is 2.54. The SMILES string of the molecule is C[C]1CCN(Cc2ccccc2)CC1. The minimum absolute atomic E-state index is 1.12. The zero-order valence-corrected chi connectivity index (χ0v) is 8.87. The summed E-state index contributed by atoms with van der Waals surface area (Å²) in [6, 6.07) is 10.8. The molecule has 0 bridgehead atoms. The van der Waals surface area contributed by atoms with Crippen LogP contribution in [-0.4, -0.2) is 18.0 Å². The second-order valence-electron chi connectivity index (χ2n) is 4.22. The smallest absolute Gasteiger partial charge is 0.0233 e. The highest BCUT2D eigenvalue weighted by Crippen LogP contribution is 2.19. The van der Waals surface area contributed by atoms with Crippen LogP contribution in [0.4, 0.5) is 0 Å². The average molecular weight is 188 g/mol. The van der Waals surface area contributed by atoms with Crippen LogP contribution < -0.4 is 0 Å². The Kier molecular flexibility index (Phi) is 3.20. The summed E-state index contributed by atoms with van der Waals surface area (Å²) in [7, 11) is 0. The first-order chi connectivity index (χ1) is 6.84. The second kappa shape index (κ2) is 4.61. The molecule has 14 heavy (non-hydrogen) atoms. The van der Waals surface area contributed by atoms with Gasteiger partial charge >= 0.3 is 0 Å². The summed E-state index contributed by atoms with van der Waals surface area (Å²) in [5, 5.41) is 0. The van der Waals surface area contributed by atoms with Crippen molar-refractivity contribution in [2.75, 3.05) is 13.1 Å². The van der Waals surface area contributed by atoms with E-state index in [1.807, 2.05) is 0 Å². The van der Waals surface area contributed by atoms with Crippen LogP contribution in [0.1, 0.15) is 25.3 Å². The first-order valence-corrected chi connectivity index (χ1v) is 5.42. The molecule has 1 saturated heterocycles. The predicted octanol–water partition coefficient (Wildman–Crippen LogP) is 2.88. The minimum atomic E-state index is 1.12. The third-order valence-electron chi connectivity index (χ3n) is 2.96. The van der Waals surface area contributed by atoms with Gasteiger partial charge in [0.05, 0.1) is 0 Å². The Morgan fingerprint density at radius 3 is 2.36 bits per heavy atom. The second-order valence-corrected chi connectivity index (χ2v) is 4.22. The Hall–Kier alpha value is -0.820. The van der Waals surface area contributed by atoms with Gasteiger partial charge in [-0.15, -0.1) is 0 Å². The highest BCUT2D eigenvalue weighted by molar-refractivity contribution is 5.14. The van der Waals surface area contributed by atoms with Crippen LogP contribution in [0.15, 0.2) is 30.3 Å². The monoisotopic (exact) mass is 188 g/mol. The van der Waals surface area contributed by atoms with Gasteiger partial charge in [0.15, 0.2) is 0 Å². The van der Waals surface area contributed by atoms with E-state index in [1.165, 1.54) is 31.5 Å². The Balaban J connectivity index is 1.87. The number of likely N-dealkylation sites (tertiary alicyclic amines) is 1. The Bertz CT molecular complexity index is 260.